The molecule has 1 atom stereocenters. The minimum atomic E-state index is -0.0634. The van der Waals surface area contributed by atoms with Crippen LogP contribution in [0.2, 0.25) is 0 Å². The summed E-state index contributed by atoms with van der Waals surface area (Å²) in [5, 5.41) is 9.12. The predicted molar refractivity (Wildman–Crippen MR) is 84.4 cm³/mol. The molecular weight excluding hydrogens is 284 g/mol. The van der Waals surface area contributed by atoms with Gasteiger partial charge in [0.1, 0.15) is 0 Å². The fourth-order valence-electron chi connectivity index (χ4n) is 2.89. The normalized spacial score (nSPS) is 18.6. The number of rotatable bonds is 3. The van der Waals surface area contributed by atoms with Crippen molar-refractivity contribution in [1.29, 1.82) is 0 Å². The molecule has 0 bridgehead atoms. The van der Waals surface area contributed by atoms with Gasteiger partial charge in [-0.3, -0.25) is 9.89 Å². The molecule has 1 amide bonds. The Morgan fingerprint density at radius 2 is 2.38 bits per heavy atom. The first-order chi connectivity index (χ1) is 10.1. The summed E-state index contributed by atoms with van der Waals surface area (Å²) in [6, 6.07) is 4.28. The molecule has 1 aliphatic rings. The molecule has 112 valence electrons. The summed E-state index contributed by atoms with van der Waals surface area (Å²) in [5.74, 6) is 0.164. The first-order valence-corrected chi connectivity index (χ1v) is 8.15. The van der Waals surface area contributed by atoms with Crippen molar-refractivity contribution in [1.82, 2.24) is 15.1 Å². The van der Waals surface area contributed by atoms with Crippen LogP contribution in [-0.4, -0.2) is 27.5 Å². The SMILES string of the molecule is CC(C)c1[nH]nc(C(=O)N2CCCC2c2cccs2)c1N. The third-order valence-electron chi connectivity index (χ3n) is 4.00. The quantitative estimate of drug-likeness (QED) is 0.914. The van der Waals surface area contributed by atoms with Crippen molar-refractivity contribution in [2.45, 2.75) is 38.6 Å². The largest absolute Gasteiger partial charge is 0.395 e. The zero-order chi connectivity index (χ0) is 15.0. The Morgan fingerprint density at radius 1 is 1.57 bits per heavy atom. The van der Waals surface area contributed by atoms with Crippen molar-refractivity contribution in [3.8, 4) is 0 Å². The number of nitrogens with two attached hydrogens (primary N) is 1. The highest BCUT2D eigenvalue weighted by Gasteiger charge is 2.33. The Morgan fingerprint density at radius 3 is 3.00 bits per heavy atom. The minimum Gasteiger partial charge on any atom is -0.395 e. The third-order valence-corrected chi connectivity index (χ3v) is 4.97. The van der Waals surface area contributed by atoms with Crippen molar-refractivity contribution in [3.63, 3.8) is 0 Å². The van der Waals surface area contributed by atoms with Crippen LogP contribution in [0.25, 0.3) is 0 Å². The van der Waals surface area contributed by atoms with Crippen LogP contribution in [0.4, 0.5) is 5.69 Å². The lowest BCUT2D eigenvalue weighted by atomic mass is 10.1. The molecule has 0 aromatic carbocycles. The Labute approximate surface area is 128 Å². The second kappa shape index (κ2) is 5.52. The monoisotopic (exact) mass is 304 g/mol. The van der Waals surface area contributed by atoms with E-state index in [0.717, 1.165) is 25.1 Å². The van der Waals surface area contributed by atoms with Crippen molar-refractivity contribution in [2.24, 2.45) is 0 Å². The highest BCUT2D eigenvalue weighted by molar-refractivity contribution is 7.10. The number of nitrogen functional groups attached to an aromatic ring is 1. The van der Waals surface area contributed by atoms with Crippen LogP contribution < -0.4 is 5.73 Å². The number of thiophene rings is 1. The third kappa shape index (κ3) is 2.44. The van der Waals surface area contributed by atoms with Crippen molar-refractivity contribution in [3.05, 3.63) is 33.8 Å². The number of H-pyrrole nitrogens is 1. The minimum absolute atomic E-state index is 0.0634. The summed E-state index contributed by atoms with van der Waals surface area (Å²) in [6.07, 6.45) is 2.03. The van der Waals surface area contributed by atoms with E-state index < -0.39 is 0 Å². The van der Waals surface area contributed by atoms with E-state index in [2.05, 4.69) is 21.6 Å². The Bertz CT molecular complexity index is 632. The fourth-order valence-corrected chi connectivity index (χ4v) is 3.76. The summed E-state index contributed by atoms with van der Waals surface area (Å²) in [4.78, 5) is 15.9. The number of likely N-dealkylation sites (tertiary alicyclic amines) is 1. The number of nitrogens with zero attached hydrogens (tertiary/aromatic N) is 2. The van der Waals surface area contributed by atoms with Gasteiger partial charge in [0.05, 0.1) is 17.4 Å². The topological polar surface area (TPSA) is 75.0 Å². The van der Waals surface area contributed by atoms with Gasteiger partial charge in [-0.15, -0.1) is 11.3 Å². The number of carbonyl (C=O) groups excluding carboxylic acids is 1. The average molecular weight is 304 g/mol. The smallest absolute Gasteiger partial charge is 0.277 e. The first kappa shape index (κ1) is 14.1. The van der Waals surface area contributed by atoms with Gasteiger partial charge in [0.25, 0.3) is 5.91 Å². The van der Waals surface area contributed by atoms with E-state index in [9.17, 15) is 4.79 Å². The molecule has 3 rings (SSSR count). The summed E-state index contributed by atoms with van der Waals surface area (Å²) in [5.41, 5.74) is 7.79. The van der Waals surface area contributed by atoms with Crippen LogP contribution in [0, 0.1) is 0 Å². The number of nitrogens with one attached hydrogen (secondary N) is 1. The molecule has 1 fully saturated rings. The second-order valence-corrected chi connectivity index (χ2v) is 6.71. The Balaban J connectivity index is 1.88. The molecule has 0 spiro atoms. The fraction of sp³-hybridized carbons (Fsp3) is 0.467. The lowest BCUT2D eigenvalue weighted by Crippen LogP contribution is -2.31. The number of hydrogen-bond donors (Lipinski definition) is 2. The lowest BCUT2D eigenvalue weighted by molar-refractivity contribution is 0.0733. The molecule has 2 aromatic rings. The zero-order valence-corrected chi connectivity index (χ0v) is 13.1. The van der Waals surface area contributed by atoms with Gasteiger partial charge < -0.3 is 10.6 Å². The summed E-state index contributed by atoms with van der Waals surface area (Å²) < 4.78 is 0. The summed E-state index contributed by atoms with van der Waals surface area (Å²) in [6.45, 7) is 4.83. The molecule has 6 heteroatoms. The number of carbonyl (C=O) groups is 1. The number of hydrogen-bond acceptors (Lipinski definition) is 4. The van der Waals surface area contributed by atoms with E-state index >= 15 is 0 Å². The van der Waals surface area contributed by atoms with Gasteiger partial charge in [-0.05, 0) is 30.2 Å². The molecule has 0 radical (unpaired) electrons. The van der Waals surface area contributed by atoms with E-state index in [1.165, 1.54) is 4.88 Å². The number of amides is 1. The van der Waals surface area contributed by atoms with Gasteiger partial charge in [-0.1, -0.05) is 19.9 Å². The van der Waals surface area contributed by atoms with Gasteiger partial charge in [0.15, 0.2) is 5.69 Å². The number of aromatic amines is 1. The van der Waals surface area contributed by atoms with E-state index in [0.29, 0.717) is 11.4 Å². The van der Waals surface area contributed by atoms with E-state index in [1.54, 1.807) is 11.3 Å². The molecule has 2 aromatic heterocycles. The van der Waals surface area contributed by atoms with E-state index in [4.69, 9.17) is 5.73 Å². The first-order valence-electron chi connectivity index (χ1n) is 7.27. The molecule has 3 N–H and O–H groups in total. The highest BCUT2D eigenvalue weighted by atomic mass is 32.1. The maximum absolute atomic E-state index is 12.8. The van der Waals surface area contributed by atoms with E-state index in [1.807, 2.05) is 24.8 Å². The lowest BCUT2D eigenvalue weighted by Gasteiger charge is -2.23. The van der Waals surface area contributed by atoms with Crippen LogP contribution in [-0.2, 0) is 0 Å². The molecule has 1 saturated heterocycles. The van der Waals surface area contributed by atoms with Crippen LogP contribution in [0.3, 0.4) is 0 Å². The van der Waals surface area contributed by atoms with Gasteiger partial charge >= 0.3 is 0 Å². The Kier molecular flexibility index (Phi) is 3.71. The molecule has 3 heterocycles. The molecule has 21 heavy (non-hydrogen) atoms. The van der Waals surface area contributed by atoms with Crippen molar-refractivity contribution in [2.75, 3.05) is 12.3 Å². The number of aromatic nitrogens is 2. The molecule has 5 nitrogen and oxygen atoms in total. The molecule has 0 aliphatic carbocycles. The highest BCUT2D eigenvalue weighted by Crippen LogP contribution is 2.36. The molecule has 0 saturated carbocycles. The van der Waals surface area contributed by atoms with Crippen LogP contribution >= 0.6 is 11.3 Å². The van der Waals surface area contributed by atoms with Crippen molar-refractivity contribution < 1.29 is 4.79 Å². The molecule has 1 unspecified atom stereocenters. The van der Waals surface area contributed by atoms with Gasteiger partial charge in [-0.2, -0.15) is 5.10 Å². The van der Waals surface area contributed by atoms with Gasteiger partial charge in [0.2, 0.25) is 0 Å². The molecular formula is C15H20N4OS. The zero-order valence-electron chi connectivity index (χ0n) is 12.3. The maximum atomic E-state index is 12.8. The molecule has 1 aliphatic heterocycles. The second-order valence-electron chi connectivity index (χ2n) is 5.73. The Hall–Kier alpha value is -1.82. The summed E-state index contributed by atoms with van der Waals surface area (Å²) >= 11 is 1.70. The van der Waals surface area contributed by atoms with E-state index in [-0.39, 0.29) is 17.9 Å². The predicted octanol–water partition coefficient (Wildman–Crippen LogP) is 3.15. The standard InChI is InChI=1S/C15H20N4OS/c1-9(2)13-12(16)14(18-17-13)15(20)19-7-3-5-10(19)11-6-4-8-21-11/h4,6,8-10H,3,5,7,16H2,1-2H3,(H,17,18). The number of anilines is 1. The average Bonchev–Trinajstić information content (AvgIpc) is 3.17. The van der Waals surface area contributed by atoms with Crippen LogP contribution in [0.1, 0.15) is 59.7 Å². The van der Waals surface area contributed by atoms with Crippen LogP contribution in [0.15, 0.2) is 17.5 Å². The van der Waals surface area contributed by atoms with Crippen molar-refractivity contribution >= 4 is 22.9 Å². The van der Waals surface area contributed by atoms with Crippen LogP contribution in [0.5, 0.6) is 0 Å². The maximum Gasteiger partial charge on any atom is 0.277 e. The van der Waals surface area contributed by atoms with Gasteiger partial charge in [-0.25, -0.2) is 0 Å². The summed E-state index contributed by atoms with van der Waals surface area (Å²) in [7, 11) is 0. The van der Waals surface area contributed by atoms with Gasteiger partial charge in [0, 0.05) is 11.4 Å².